The summed E-state index contributed by atoms with van der Waals surface area (Å²) in [4.78, 5) is 13.4. The molecule has 1 heterocycles. The SMILES string of the molecule is O=C([O-])Cc1ccc2oc(=S)[nH]c2c1. The van der Waals surface area contributed by atoms with E-state index in [4.69, 9.17) is 16.6 Å². The molecule has 0 aliphatic heterocycles. The maximum absolute atomic E-state index is 10.3. The van der Waals surface area contributed by atoms with Gasteiger partial charge < -0.3 is 19.3 Å². The summed E-state index contributed by atoms with van der Waals surface area (Å²) < 4.78 is 5.12. The zero-order valence-corrected chi connectivity index (χ0v) is 7.89. The summed E-state index contributed by atoms with van der Waals surface area (Å²) in [6, 6.07) is 5.04. The Labute approximate surface area is 84.2 Å². The summed E-state index contributed by atoms with van der Waals surface area (Å²) in [5.74, 6) is -1.11. The first kappa shape index (κ1) is 8.96. The van der Waals surface area contributed by atoms with Crippen molar-refractivity contribution >= 4 is 29.3 Å². The van der Waals surface area contributed by atoms with Crippen LogP contribution in [0.3, 0.4) is 0 Å². The van der Waals surface area contributed by atoms with Gasteiger partial charge in [-0.2, -0.15) is 0 Å². The summed E-state index contributed by atoms with van der Waals surface area (Å²) in [5.41, 5.74) is 1.98. The second kappa shape index (κ2) is 3.26. The second-order valence-electron chi connectivity index (χ2n) is 2.89. The third kappa shape index (κ3) is 1.67. The standard InChI is InChI=1S/C9H7NO3S/c11-8(12)4-5-1-2-7-6(3-5)10-9(14)13-7/h1-3H,4H2,(H,10,14)(H,11,12)/p-1. The van der Waals surface area contributed by atoms with Gasteiger partial charge >= 0.3 is 0 Å². The molecular formula is C9H6NO3S-. The monoisotopic (exact) mass is 208 g/mol. The third-order valence-corrected chi connectivity index (χ3v) is 2.02. The minimum absolute atomic E-state index is 0.109. The van der Waals surface area contributed by atoms with Crippen LogP contribution >= 0.6 is 12.2 Å². The van der Waals surface area contributed by atoms with Crippen molar-refractivity contribution in [1.29, 1.82) is 0 Å². The fraction of sp³-hybridized carbons (Fsp3) is 0.111. The predicted octanol–water partition coefficient (Wildman–Crippen LogP) is 0.783. The van der Waals surface area contributed by atoms with Crippen LogP contribution in [0.1, 0.15) is 5.56 Å². The van der Waals surface area contributed by atoms with Crippen LogP contribution in [-0.4, -0.2) is 11.0 Å². The molecule has 0 bridgehead atoms. The molecule has 1 aromatic heterocycles. The second-order valence-corrected chi connectivity index (χ2v) is 3.26. The van der Waals surface area contributed by atoms with Crippen molar-refractivity contribution in [3.63, 3.8) is 0 Å². The van der Waals surface area contributed by atoms with Gasteiger partial charge in [0.2, 0.25) is 0 Å². The fourth-order valence-electron chi connectivity index (χ4n) is 1.28. The van der Waals surface area contributed by atoms with Crippen LogP contribution in [0.2, 0.25) is 0 Å². The molecule has 1 aromatic carbocycles. The molecule has 1 N–H and O–H groups in total. The molecule has 0 saturated carbocycles. The molecule has 0 aliphatic carbocycles. The molecule has 2 aromatic rings. The van der Waals surface area contributed by atoms with Crippen LogP contribution < -0.4 is 5.11 Å². The number of carbonyl (C=O) groups excluding carboxylic acids is 1. The molecule has 0 fully saturated rings. The first-order chi connectivity index (χ1) is 6.65. The zero-order valence-electron chi connectivity index (χ0n) is 7.07. The van der Waals surface area contributed by atoms with E-state index in [0.29, 0.717) is 16.7 Å². The summed E-state index contributed by atoms with van der Waals surface area (Å²) >= 11 is 4.79. The van der Waals surface area contributed by atoms with E-state index in [1.165, 1.54) is 0 Å². The maximum Gasteiger partial charge on any atom is 0.266 e. The highest BCUT2D eigenvalue weighted by molar-refractivity contribution is 7.71. The number of fused-ring (bicyclic) bond motifs is 1. The van der Waals surface area contributed by atoms with E-state index in [0.717, 1.165) is 0 Å². The smallest absolute Gasteiger partial charge is 0.266 e. The van der Waals surface area contributed by atoms with E-state index in [2.05, 4.69) is 4.98 Å². The summed E-state index contributed by atoms with van der Waals surface area (Å²) in [6.07, 6.45) is -0.109. The van der Waals surface area contributed by atoms with Crippen LogP contribution in [0.25, 0.3) is 11.1 Å². The van der Waals surface area contributed by atoms with Gasteiger partial charge in [-0.1, -0.05) is 6.07 Å². The number of carboxylic acids is 1. The van der Waals surface area contributed by atoms with Crippen molar-refractivity contribution in [2.75, 3.05) is 0 Å². The molecule has 0 spiro atoms. The predicted molar refractivity (Wildman–Crippen MR) is 50.1 cm³/mol. The summed E-state index contributed by atoms with van der Waals surface area (Å²) in [7, 11) is 0. The topological polar surface area (TPSA) is 69.1 Å². The number of aromatic amines is 1. The molecule has 2 rings (SSSR count). The van der Waals surface area contributed by atoms with E-state index in [-0.39, 0.29) is 11.3 Å². The first-order valence-electron chi connectivity index (χ1n) is 3.97. The maximum atomic E-state index is 10.3. The molecule has 0 atom stereocenters. The van der Waals surface area contributed by atoms with Crippen molar-refractivity contribution < 1.29 is 14.3 Å². The van der Waals surface area contributed by atoms with Crippen molar-refractivity contribution in [3.05, 3.63) is 28.6 Å². The summed E-state index contributed by atoms with van der Waals surface area (Å²) in [6.45, 7) is 0. The Morgan fingerprint density at radius 1 is 1.57 bits per heavy atom. The third-order valence-electron chi connectivity index (χ3n) is 1.83. The molecule has 0 aliphatic rings. The van der Waals surface area contributed by atoms with E-state index in [1.54, 1.807) is 18.2 Å². The lowest BCUT2D eigenvalue weighted by molar-refractivity contribution is -0.304. The molecule has 5 heteroatoms. The Kier molecular flexibility index (Phi) is 2.09. The van der Waals surface area contributed by atoms with Crippen molar-refractivity contribution in [2.24, 2.45) is 0 Å². The van der Waals surface area contributed by atoms with E-state index < -0.39 is 5.97 Å². The van der Waals surface area contributed by atoms with Gasteiger partial charge in [-0.3, -0.25) is 0 Å². The number of benzene rings is 1. The van der Waals surface area contributed by atoms with Crippen molar-refractivity contribution in [1.82, 2.24) is 4.98 Å². The number of carboxylic acid groups (broad SMARTS) is 1. The Balaban J connectivity index is 2.50. The van der Waals surface area contributed by atoms with Gasteiger partial charge in [0.1, 0.15) is 0 Å². The van der Waals surface area contributed by atoms with Crippen LogP contribution in [0.4, 0.5) is 0 Å². The number of nitrogens with one attached hydrogen (secondary N) is 1. The lowest BCUT2D eigenvalue weighted by Crippen LogP contribution is -2.24. The van der Waals surface area contributed by atoms with Crippen molar-refractivity contribution in [3.8, 4) is 0 Å². The number of hydrogen-bond acceptors (Lipinski definition) is 4. The quantitative estimate of drug-likeness (QED) is 0.740. The largest absolute Gasteiger partial charge is 0.550 e. The van der Waals surface area contributed by atoms with E-state index >= 15 is 0 Å². The minimum atomic E-state index is -1.11. The average Bonchev–Trinajstić information content (AvgIpc) is 2.42. The molecule has 4 nitrogen and oxygen atoms in total. The molecule has 0 radical (unpaired) electrons. The molecule has 72 valence electrons. The van der Waals surface area contributed by atoms with Crippen LogP contribution in [0, 0.1) is 4.84 Å². The average molecular weight is 208 g/mol. The Bertz CT molecular complexity index is 540. The zero-order chi connectivity index (χ0) is 10.1. The number of aromatic nitrogens is 1. The molecule has 0 saturated heterocycles. The van der Waals surface area contributed by atoms with Gasteiger partial charge in [0.25, 0.3) is 4.84 Å². The number of hydrogen-bond donors (Lipinski definition) is 1. The lowest BCUT2D eigenvalue weighted by Gasteiger charge is -2.00. The van der Waals surface area contributed by atoms with Gasteiger partial charge in [0.15, 0.2) is 5.58 Å². The Morgan fingerprint density at radius 2 is 2.36 bits per heavy atom. The van der Waals surface area contributed by atoms with E-state index in [9.17, 15) is 9.90 Å². The van der Waals surface area contributed by atoms with Gasteiger partial charge in [-0.25, -0.2) is 0 Å². The Morgan fingerprint density at radius 3 is 3.07 bits per heavy atom. The highest BCUT2D eigenvalue weighted by Crippen LogP contribution is 2.15. The highest BCUT2D eigenvalue weighted by Gasteiger charge is 2.00. The van der Waals surface area contributed by atoms with E-state index in [1.807, 2.05) is 0 Å². The highest BCUT2D eigenvalue weighted by atomic mass is 32.1. The van der Waals surface area contributed by atoms with Crippen LogP contribution in [0.5, 0.6) is 0 Å². The number of carbonyl (C=O) groups is 1. The molecular weight excluding hydrogens is 202 g/mol. The fourth-order valence-corrected chi connectivity index (χ4v) is 1.48. The minimum Gasteiger partial charge on any atom is -0.550 e. The van der Waals surface area contributed by atoms with Gasteiger partial charge in [-0.05, 0) is 29.9 Å². The number of oxazole rings is 1. The van der Waals surface area contributed by atoms with Gasteiger partial charge in [-0.15, -0.1) is 0 Å². The summed E-state index contributed by atoms with van der Waals surface area (Å²) in [5, 5.41) is 10.3. The Hall–Kier alpha value is -1.62. The number of H-pyrrole nitrogens is 1. The number of aliphatic carboxylic acids is 1. The van der Waals surface area contributed by atoms with Crippen molar-refractivity contribution in [2.45, 2.75) is 6.42 Å². The lowest BCUT2D eigenvalue weighted by atomic mass is 10.1. The van der Waals surface area contributed by atoms with Gasteiger partial charge in [0, 0.05) is 12.4 Å². The first-order valence-corrected chi connectivity index (χ1v) is 4.37. The van der Waals surface area contributed by atoms with Crippen LogP contribution in [-0.2, 0) is 11.2 Å². The molecule has 14 heavy (non-hydrogen) atoms. The molecule has 0 unspecified atom stereocenters. The van der Waals surface area contributed by atoms with Gasteiger partial charge in [0.05, 0.1) is 5.52 Å². The molecule has 0 amide bonds. The van der Waals surface area contributed by atoms with Crippen LogP contribution in [0.15, 0.2) is 22.6 Å². The normalized spacial score (nSPS) is 10.6. The number of rotatable bonds is 2.